The van der Waals surface area contributed by atoms with Crippen molar-refractivity contribution in [1.82, 2.24) is 9.38 Å². The number of aromatic nitrogens is 2. The Kier molecular flexibility index (Phi) is 2.44. The molecule has 0 aliphatic carbocycles. The van der Waals surface area contributed by atoms with Crippen LogP contribution in [0.25, 0.3) is 16.9 Å². The quantitative estimate of drug-likeness (QED) is 0.675. The van der Waals surface area contributed by atoms with E-state index in [9.17, 15) is 4.91 Å². The van der Waals surface area contributed by atoms with Gasteiger partial charge >= 0.3 is 0 Å². The number of pyridine rings is 1. The van der Waals surface area contributed by atoms with Crippen molar-refractivity contribution >= 4 is 11.5 Å². The fourth-order valence-corrected chi connectivity index (χ4v) is 2.46. The zero-order valence-electron chi connectivity index (χ0n) is 11.2. The Morgan fingerprint density at radius 1 is 1.19 bits per heavy atom. The van der Waals surface area contributed by atoms with Crippen LogP contribution in [-0.4, -0.2) is 16.2 Å². The summed E-state index contributed by atoms with van der Waals surface area (Å²) in [5.41, 5.74) is 3.07. The molecule has 3 heterocycles. The summed E-state index contributed by atoms with van der Waals surface area (Å²) < 4.78 is 12.3. The Labute approximate surface area is 119 Å². The molecule has 0 saturated carbocycles. The predicted molar refractivity (Wildman–Crippen MR) is 76.9 cm³/mol. The van der Waals surface area contributed by atoms with Crippen LogP contribution in [0.15, 0.2) is 41.7 Å². The van der Waals surface area contributed by atoms with Gasteiger partial charge in [-0.25, -0.2) is 4.98 Å². The average molecular weight is 281 g/mol. The highest BCUT2D eigenvalue weighted by Gasteiger charge is 2.19. The molecule has 3 aromatic rings. The molecule has 4 rings (SSSR count). The van der Waals surface area contributed by atoms with Crippen molar-refractivity contribution in [2.75, 3.05) is 6.79 Å². The maximum absolute atomic E-state index is 11.2. The van der Waals surface area contributed by atoms with Gasteiger partial charge < -0.3 is 9.47 Å². The van der Waals surface area contributed by atoms with Crippen LogP contribution in [0.2, 0.25) is 0 Å². The van der Waals surface area contributed by atoms with Crippen LogP contribution in [-0.2, 0) is 0 Å². The molecule has 0 fully saturated rings. The number of ether oxygens (including phenoxy) is 2. The second kappa shape index (κ2) is 4.31. The number of nitrogens with zero attached hydrogens (tertiary/aromatic N) is 3. The molecule has 0 atom stereocenters. The van der Waals surface area contributed by atoms with Gasteiger partial charge in [0.05, 0.1) is 0 Å². The lowest BCUT2D eigenvalue weighted by molar-refractivity contribution is 0.174. The Morgan fingerprint density at radius 2 is 2.05 bits per heavy atom. The number of nitroso groups, excluding NO2 is 1. The lowest BCUT2D eigenvalue weighted by atomic mass is 10.1. The van der Waals surface area contributed by atoms with Crippen molar-refractivity contribution in [1.29, 1.82) is 0 Å². The number of imidazole rings is 1. The molecule has 1 aromatic carbocycles. The summed E-state index contributed by atoms with van der Waals surface area (Å²) >= 11 is 0. The van der Waals surface area contributed by atoms with Gasteiger partial charge in [0.1, 0.15) is 11.3 Å². The van der Waals surface area contributed by atoms with E-state index in [1.807, 2.05) is 37.3 Å². The summed E-state index contributed by atoms with van der Waals surface area (Å²) in [4.78, 5) is 15.7. The van der Waals surface area contributed by atoms with Gasteiger partial charge in [0.2, 0.25) is 12.6 Å². The summed E-state index contributed by atoms with van der Waals surface area (Å²) in [5, 5.41) is 3.14. The molecule has 0 unspecified atom stereocenters. The van der Waals surface area contributed by atoms with Crippen LogP contribution in [0.3, 0.4) is 0 Å². The van der Waals surface area contributed by atoms with Gasteiger partial charge in [0, 0.05) is 11.8 Å². The fourth-order valence-electron chi connectivity index (χ4n) is 2.46. The molecule has 0 bridgehead atoms. The first-order chi connectivity index (χ1) is 10.3. The zero-order valence-corrected chi connectivity index (χ0v) is 11.2. The highest BCUT2D eigenvalue weighted by atomic mass is 16.7. The monoisotopic (exact) mass is 281 g/mol. The number of hydrogen-bond donors (Lipinski definition) is 0. The normalized spacial score (nSPS) is 12.8. The highest BCUT2D eigenvalue weighted by molar-refractivity contribution is 5.76. The van der Waals surface area contributed by atoms with Gasteiger partial charge in [-0.15, -0.1) is 4.91 Å². The Balaban J connectivity index is 1.95. The molecule has 21 heavy (non-hydrogen) atoms. The Hall–Kier alpha value is -2.89. The molecule has 1 aliphatic rings. The van der Waals surface area contributed by atoms with E-state index in [2.05, 4.69) is 10.2 Å². The van der Waals surface area contributed by atoms with Gasteiger partial charge in [-0.2, -0.15) is 0 Å². The molecule has 0 saturated heterocycles. The first kappa shape index (κ1) is 11.9. The minimum atomic E-state index is 0.210. The predicted octanol–water partition coefficient (Wildman–Crippen LogP) is 3.44. The molecule has 6 nitrogen and oxygen atoms in total. The molecular formula is C15H11N3O3. The van der Waals surface area contributed by atoms with Gasteiger partial charge in [0.25, 0.3) is 0 Å². The lowest BCUT2D eigenvalue weighted by Gasteiger charge is -2.00. The molecular weight excluding hydrogens is 270 g/mol. The molecule has 0 amide bonds. The minimum Gasteiger partial charge on any atom is -0.454 e. The topological polar surface area (TPSA) is 65.2 Å². The molecule has 104 valence electrons. The molecule has 0 N–H and O–H groups in total. The number of fused-ring (bicyclic) bond motifs is 2. The smallest absolute Gasteiger partial charge is 0.231 e. The van der Waals surface area contributed by atoms with E-state index in [0.717, 1.165) is 11.1 Å². The van der Waals surface area contributed by atoms with Crippen LogP contribution in [0.1, 0.15) is 5.56 Å². The number of benzene rings is 1. The largest absolute Gasteiger partial charge is 0.454 e. The van der Waals surface area contributed by atoms with Crippen molar-refractivity contribution in [3.8, 4) is 22.8 Å². The van der Waals surface area contributed by atoms with Gasteiger partial charge in [-0.05, 0) is 48.0 Å². The third-order valence-corrected chi connectivity index (χ3v) is 3.49. The van der Waals surface area contributed by atoms with Crippen LogP contribution in [0.5, 0.6) is 11.5 Å². The van der Waals surface area contributed by atoms with E-state index < -0.39 is 0 Å². The van der Waals surface area contributed by atoms with E-state index in [1.165, 1.54) is 0 Å². The van der Waals surface area contributed by atoms with Crippen LogP contribution in [0.4, 0.5) is 5.82 Å². The Morgan fingerprint density at radius 3 is 2.90 bits per heavy atom. The van der Waals surface area contributed by atoms with E-state index in [-0.39, 0.29) is 12.6 Å². The number of hydrogen-bond acceptors (Lipinski definition) is 5. The van der Waals surface area contributed by atoms with E-state index in [4.69, 9.17) is 9.47 Å². The van der Waals surface area contributed by atoms with Crippen LogP contribution in [0, 0.1) is 11.8 Å². The molecule has 0 spiro atoms. The summed E-state index contributed by atoms with van der Waals surface area (Å²) in [6, 6.07) is 9.28. The first-order valence-electron chi connectivity index (χ1n) is 6.48. The summed E-state index contributed by atoms with van der Waals surface area (Å²) in [7, 11) is 0. The standard InChI is InChI=1S/C15H11N3O3/c1-9-4-5-18-13(6-9)16-14(15(18)17-19)10-2-3-11-12(7-10)21-8-20-11/h2-7H,8H2,1H3. The minimum absolute atomic E-state index is 0.210. The van der Waals surface area contributed by atoms with Crippen molar-refractivity contribution in [3.05, 3.63) is 47.0 Å². The molecule has 2 aromatic heterocycles. The van der Waals surface area contributed by atoms with Gasteiger partial charge in [-0.3, -0.25) is 4.40 Å². The van der Waals surface area contributed by atoms with Gasteiger partial charge in [-0.1, -0.05) is 0 Å². The number of rotatable bonds is 2. The van der Waals surface area contributed by atoms with E-state index in [0.29, 0.717) is 22.8 Å². The van der Waals surface area contributed by atoms with Crippen molar-refractivity contribution in [3.63, 3.8) is 0 Å². The third kappa shape index (κ3) is 1.76. The molecule has 0 radical (unpaired) electrons. The second-order valence-corrected chi connectivity index (χ2v) is 4.88. The third-order valence-electron chi connectivity index (χ3n) is 3.49. The molecule has 1 aliphatic heterocycles. The summed E-state index contributed by atoms with van der Waals surface area (Å²) in [5.74, 6) is 1.63. The first-order valence-corrected chi connectivity index (χ1v) is 6.48. The van der Waals surface area contributed by atoms with Crippen LogP contribution < -0.4 is 9.47 Å². The van der Waals surface area contributed by atoms with Crippen molar-refractivity contribution in [2.45, 2.75) is 6.92 Å². The van der Waals surface area contributed by atoms with Crippen molar-refractivity contribution < 1.29 is 9.47 Å². The number of aryl methyl sites for hydroxylation is 1. The second-order valence-electron chi connectivity index (χ2n) is 4.88. The van der Waals surface area contributed by atoms with Gasteiger partial charge in [0.15, 0.2) is 11.5 Å². The fraction of sp³-hybridized carbons (Fsp3) is 0.133. The van der Waals surface area contributed by atoms with Crippen LogP contribution >= 0.6 is 0 Å². The summed E-state index contributed by atoms with van der Waals surface area (Å²) in [6.45, 7) is 2.19. The Bertz CT molecular complexity index is 870. The van der Waals surface area contributed by atoms with E-state index in [1.54, 1.807) is 10.6 Å². The van der Waals surface area contributed by atoms with E-state index >= 15 is 0 Å². The SMILES string of the molecule is Cc1ccn2c(N=O)c(-c3ccc4c(c3)OCO4)nc2c1. The lowest BCUT2D eigenvalue weighted by Crippen LogP contribution is -1.92. The maximum Gasteiger partial charge on any atom is 0.231 e. The molecule has 6 heteroatoms. The zero-order chi connectivity index (χ0) is 14.4. The maximum atomic E-state index is 11.2. The highest BCUT2D eigenvalue weighted by Crippen LogP contribution is 2.38. The summed E-state index contributed by atoms with van der Waals surface area (Å²) in [6.07, 6.45) is 1.80. The average Bonchev–Trinajstić information content (AvgIpc) is 3.09. The van der Waals surface area contributed by atoms with Crippen molar-refractivity contribution in [2.24, 2.45) is 5.18 Å².